The number of hydrogen-bond acceptors (Lipinski definition) is 3. The van der Waals surface area contributed by atoms with Gasteiger partial charge in [-0.15, -0.1) is 0 Å². The Morgan fingerprint density at radius 2 is 2.00 bits per heavy atom. The molecule has 1 aromatic rings. The first kappa shape index (κ1) is 16.5. The van der Waals surface area contributed by atoms with E-state index in [0.29, 0.717) is 9.92 Å². The number of rotatable bonds is 7. The molecule has 1 rings (SSSR count). The van der Waals surface area contributed by atoms with Crippen molar-refractivity contribution in [1.82, 2.24) is 5.32 Å². The van der Waals surface area contributed by atoms with Gasteiger partial charge in [0.2, 0.25) is 0 Å². The van der Waals surface area contributed by atoms with Gasteiger partial charge in [0.05, 0.1) is 10.1 Å². The van der Waals surface area contributed by atoms with E-state index >= 15 is 0 Å². The van der Waals surface area contributed by atoms with Gasteiger partial charge in [0, 0.05) is 11.1 Å². The average molecular weight is 304 g/mol. The van der Waals surface area contributed by atoms with Crippen LogP contribution in [-0.4, -0.2) is 26.3 Å². The minimum atomic E-state index is -3.35. The van der Waals surface area contributed by atoms with Crippen molar-refractivity contribution in [2.45, 2.75) is 49.8 Å². The molecular weight excluding hydrogens is 282 g/mol. The van der Waals surface area contributed by atoms with Gasteiger partial charge < -0.3 is 5.32 Å². The summed E-state index contributed by atoms with van der Waals surface area (Å²) in [5.74, 6) is 0. The summed E-state index contributed by atoms with van der Waals surface area (Å²) < 4.78 is 25.1. The predicted octanol–water partition coefficient (Wildman–Crippen LogP) is 3.28. The largest absolute Gasteiger partial charge is 0.313 e. The fourth-order valence-electron chi connectivity index (χ4n) is 2.05. The third-order valence-corrected chi connectivity index (χ3v) is 5.73. The molecule has 1 N–H and O–H groups in total. The number of sulfone groups is 1. The highest BCUT2D eigenvalue weighted by molar-refractivity contribution is 7.92. The molecule has 108 valence electrons. The maximum atomic E-state index is 12.5. The lowest BCUT2D eigenvalue weighted by Gasteiger charge is -2.24. The second-order valence-corrected chi connectivity index (χ2v) is 7.42. The fourth-order valence-corrected chi connectivity index (χ4v) is 4.01. The zero-order chi connectivity index (χ0) is 14.5. The van der Waals surface area contributed by atoms with Crippen LogP contribution in [0.2, 0.25) is 5.02 Å². The Bertz CT molecular complexity index is 502. The third kappa shape index (κ3) is 4.20. The van der Waals surface area contributed by atoms with Gasteiger partial charge in [0.25, 0.3) is 0 Å². The molecule has 3 nitrogen and oxygen atoms in total. The minimum Gasteiger partial charge on any atom is -0.313 e. The summed E-state index contributed by atoms with van der Waals surface area (Å²) in [5.41, 5.74) is 0. The molecular formula is C14H22ClNO2S. The fraction of sp³-hybridized carbons (Fsp3) is 0.571. The van der Waals surface area contributed by atoms with Gasteiger partial charge in [0.15, 0.2) is 9.84 Å². The van der Waals surface area contributed by atoms with Gasteiger partial charge in [-0.3, -0.25) is 0 Å². The summed E-state index contributed by atoms with van der Waals surface area (Å²) in [7, 11) is -3.35. The van der Waals surface area contributed by atoms with Crippen molar-refractivity contribution >= 4 is 21.4 Å². The Kier molecular flexibility index (Phi) is 6.30. The third-order valence-electron chi connectivity index (χ3n) is 3.28. The monoisotopic (exact) mass is 303 g/mol. The van der Waals surface area contributed by atoms with Crippen molar-refractivity contribution in [3.05, 3.63) is 29.3 Å². The van der Waals surface area contributed by atoms with Crippen LogP contribution in [0.5, 0.6) is 0 Å². The molecule has 0 aliphatic carbocycles. The molecule has 0 fully saturated rings. The summed E-state index contributed by atoms with van der Waals surface area (Å²) in [4.78, 5) is 0.296. The predicted molar refractivity (Wildman–Crippen MR) is 80.5 cm³/mol. The van der Waals surface area contributed by atoms with Crippen LogP contribution in [0, 0.1) is 0 Å². The molecule has 0 saturated heterocycles. The smallest absolute Gasteiger partial charge is 0.182 e. The van der Waals surface area contributed by atoms with Crippen LogP contribution >= 0.6 is 11.6 Å². The topological polar surface area (TPSA) is 46.2 Å². The van der Waals surface area contributed by atoms with E-state index in [4.69, 9.17) is 11.6 Å². The lowest BCUT2D eigenvalue weighted by molar-refractivity contribution is 0.472. The molecule has 0 bridgehead atoms. The number of benzene rings is 1. The molecule has 0 spiro atoms. The maximum absolute atomic E-state index is 12.5. The highest BCUT2D eigenvalue weighted by atomic mass is 35.5. The van der Waals surface area contributed by atoms with Crippen molar-refractivity contribution < 1.29 is 8.42 Å². The van der Waals surface area contributed by atoms with E-state index in [2.05, 4.69) is 12.2 Å². The van der Waals surface area contributed by atoms with E-state index in [9.17, 15) is 8.42 Å². The Morgan fingerprint density at radius 3 is 2.53 bits per heavy atom. The molecule has 0 aliphatic rings. The van der Waals surface area contributed by atoms with Crippen LogP contribution < -0.4 is 5.32 Å². The van der Waals surface area contributed by atoms with Crippen LogP contribution in [0.25, 0.3) is 0 Å². The van der Waals surface area contributed by atoms with Gasteiger partial charge in [-0.25, -0.2) is 8.42 Å². The molecule has 0 amide bonds. The number of halogens is 1. The van der Waals surface area contributed by atoms with Crippen LogP contribution in [0.3, 0.4) is 0 Å². The van der Waals surface area contributed by atoms with Gasteiger partial charge >= 0.3 is 0 Å². The van der Waals surface area contributed by atoms with Crippen molar-refractivity contribution in [2.75, 3.05) is 6.54 Å². The first-order valence-electron chi connectivity index (χ1n) is 6.66. The molecule has 5 heteroatoms. The van der Waals surface area contributed by atoms with Crippen LogP contribution in [0.1, 0.15) is 33.6 Å². The van der Waals surface area contributed by atoms with E-state index in [0.717, 1.165) is 19.4 Å². The normalized spacial score (nSPS) is 15.2. The van der Waals surface area contributed by atoms with Crippen LogP contribution in [0.4, 0.5) is 0 Å². The van der Waals surface area contributed by atoms with E-state index in [1.54, 1.807) is 25.1 Å². The van der Waals surface area contributed by atoms with Crippen molar-refractivity contribution in [2.24, 2.45) is 0 Å². The van der Waals surface area contributed by atoms with E-state index in [1.165, 1.54) is 6.07 Å². The Hall–Kier alpha value is -0.580. The Balaban J connectivity index is 2.98. The maximum Gasteiger partial charge on any atom is 0.182 e. The highest BCUT2D eigenvalue weighted by Crippen LogP contribution is 2.22. The van der Waals surface area contributed by atoms with Gasteiger partial charge in [0.1, 0.15) is 0 Å². The molecule has 1 aromatic carbocycles. The lowest BCUT2D eigenvalue weighted by Crippen LogP contribution is -2.42. The van der Waals surface area contributed by atoms with Crippen LogP contribution in [-0.2, 0) is 9.84 Å². The Morgan fingerprint density at radius 1 is 1.32 bits per heavy atom. The molecule has 2 atom stereocenters. The zero-order valence-electron chi connectivity index (χ0n) is 11.7. The average Bonchev–Trinajstić information content (AvgIpc) is 2.39. The molecule has 19 heavy (non-hydrogen) atoms. The summed E-state index contributed by atoms with van der Waals surface area (Å²) in [5, 5.41) is 3.27. The SMILES string of the molecule is CCCNC(CC)C(C)S(=O)(=O)c1cccc(Cl)c1. The molecule has 0 heterocycles. The van der Waals surface area contributed by atoms with Gasteiger partial charge in [-0.2, -0.15) is 0 Å². The molecule has 0 saturated carbocycles. The number of hydrogen-bond donors (Lipinski definition) is 1. The van der Waals surface area contributed by atoms with Crippen molar-refractivity contribution in [1.29, 1.82) is 0 Å². The second kappa shape index (κ2) is 7.27. The molecule has 0 aliphatic heterocycles. The van der Waals surface area contributed by atoms with Gasteiger partial charge in [-0.1, -0.05) is 31.5 Å². The standard InChI is InChI=1S/C14H22ClNO2S/c1-4-9-16-14(5-2)11(3)19(17,18)13-8-6-7-12(15)10-13/h6-8,10-11,14,16H,4-5,9H2,1-3H3. The zero-order valence-corrected chi connectivity index (χ0v) is 13.3. The van der Waals surface area contributed by atoms with E-state index in [-0.39, 0.29) is 6.04 Å². The number of nitrogens with one attached hydrogen (secondary N) is 1. The summed E-state index contributed by atoms with van der Waals surface area (Å²) in [6, 6.07) is 6.42. The first-order valence-corrected chi connectivity index (χ1v) is 8.58. The Labute approximate surface area is 121 Å². The van der Waals surface area contributed by atoms with E-state index in [1.807, 2.05) is 6.92 Å². The molecule has 0 aromatic heterocycles. The van der Waals surface area contributed by atoms with Gasteiger partial charge in [-0.05, 0) is 44.5 Å². The van der Waals surface area contributed by atoms with E-state index < -0.39 is 15.1 Å². The first-order chi connectivity index (χ1) is 8.93. The highest BCUT2D eigenvalue weighted by Gasteiger charge is 2.29. The lowest BCUT2D eigenvalue weighted by atomic mass is 10.1. The van der Waals surface area contributed by atoms with Crippen LogP contribution in [0.15, 0.2) is 29.2 Å². The molecule has 0 radical (unpaired) electrons. The summed E-state index contributed by atoms with van der Waals surface area (Å²) in [6.45, 7) is 6.65. The van der Waals surface area contributed by atoms with Crippen molar-refractivity contribution in [3.63, 3.8) is 0 Å². The quantitative estimate of drug-likeness (QED) is 0.841. The second-order valence-electron chi connectivity index (χ2n) is 4.68. The summed E-state index contributed by atoms with van der Waals surface area (Å²) >= 11 is 5.87. The summed E-state index contributed by atoms with van der Waals surface area (Å²) in [6.07, 6.45) is 1.77. The molecule has 2 unspecified atom stereocenters. The minimum absolute atomic E-state index is 0.0380. The van der Waals surface area contributed by atoms with Crippen molar-refractivity contribution in [3.8, 4) is 0 Å².